The highest BCUT2D eigenvalue weighted by molar-refractivity contribution is 6.43. The smallest absolute Gasteiger partial charge is 0.347 e. The summed E-state index contributed by atoms with van der Waals surface area (Å²) in [6.07, 6.45) is -4.38. The molecule has 0 amide bonds. The van der Waals surface area contributed by atoms with Crippen molar-refractivity contribution in [2.45, 2.75) is 51.5 Å². The average Bonchev–Trinajstić information content (AvgIpc) is 2.14. The molecule has 0 heterocycles. The van der Waals surface area contributed by atoms with Crippen molar-refractivity contribution >= 4 is 23.2 Å². The third kappa shape index (κ3) is 46.0. The Morgan fingerprint density at radius 3 is 1.05 bits per heavy atom. The van der Waals surface area contributed by atoms with Gasteiger partial charge in [0.2, 0.25) is 11.4 Å². The van der Waals surface area contributed by atoms with Crippen LogP contribution < -0.4 is 0 Å². The van der Waals surface area contributed by atoms with Gasteiger partial charge in [0, 0.05) is 7.11 Å². The van der Waals surface area contributed by atoms with Gasteiger partial charge < -0.3 is 9.47 Å². The summed E-state index contributed by atoms with van der Waals surface area (Å²) in [6, 6.07) is 0. The first-order chi connectivity index (χ1) is 8.52. The number of ether oxygens (including phenoxy) is 3. The van der Waals surface area contributed by atoms with Crippen molar-refractivity contribution in [3.05, 3.63) is 0 Å². The summed E-state index contributed by atoms with van der Waals surface area (Å²) in [6.45, 7) is 0.434. The number of hydrogen-bond acceptors (Lipinski definition) is 3. The fourth-order valence-corrected chi connectivity index (χ4v) is 0.567. The summed E-state index contributed by atoms with van der Waals surface area (Å²) in [7, 11) is 1.32. The van der Waals surface area contributed by atoms with Crippen LogP contribution in [0.2, 0.25) is 0 Å². The minimum absolute atomic E-state index is 0.895. The molecule has 19 heavy (non-hydrogen) atoms. The highest BCUT2D eigenvalue weighted by Gasteiger charge is 2.05. The SMILES string of the molecule is CC(F)OC(Cl)Cl.CC(F)OC(F)F.COC(C)F. The zero-order valence-corrected chi connectivity index (χ0v) is 12.3. The van der Waals surface area contributed by atoms with Crippen LogP contribution in [0.15, 0.2) is 0 Å². The van der Waals surface area contributed by atoms with E-state index in [2.05, 4.69) is 14.2 Å². The van der Waals surface area contributed by atoms with Crippen LogP contribution in [0.25, 0.3) is 0 Å². The van der Waals surface area contributed by atoms with Gasteiger partial charge in [0.05, 0.1) is 0 Å². The normalized spacial score (nSPS) is 15.0. The molecule has 0 spiro atoms. The van der Waals surface area contributed by atoms with Crippen molar-refractivity contribution in [3.8, 4) is 0 Å². The van der Waals surface area contributed by atoms with E-state index < -0.39 is 30.7 Å². The van der Waals surface area contributed by atoms with E-state index in [0.717, 1.165) is 6.92 Å². The monoisotopic (exact) mass is 338 g/mol. The Balaban J connectivity index is -0.000000206. The fourth-order valence-electron chi connectivity index (χ4n) is 0.283. The molecule has 0 aromatic carbocycles. The minimum Gasteiger partial charge on any atom is -0.352 e. The lowest BCUT2D eigenvalue weighted by Crippen LogP contribution is -2.05. The van der Waals surface area contributed by atoms with E-state index in [-0.39, 0.29) is 0 Å². The Hall–Kier alpha value is 0.110. The molecule has 0 aliphatic rings. The lowest BCUT2D eigenvalue weighted by molar-refractivity contribution is -0.193. The molecular weight excluding hydrogens is 322 g/mol. The first kappa shape index (κ1) is 24.1. The number of methoxy groups -OCH3 is 1. The molecular formula is C9H17Cl2F5O3. The standard InChI is InChI=1S/C3H5Cl2FO.C3H5F3O.C3H7FO/c1-2(6)7-3(4)5;1-2(4)7-3(5)6;1-3(4)5-2/h2*2-3H,1H3;3H,1-2H3. The molecule has 0 N–H and O–H groups in total. The van der Waals surface area contributed by atoms with E-state index in [1.165, 1.54) is 21.0 Å². The fraction of sp³-hybridized carbons (Fsp3) is 1.00. The second kappa shape index (κ2) is 16.2. The first-order valence-electron chi connectivity index (χ1n) is 4.85. The van der Waals surface area contributed by atoms with Crippen molar-refractivity contribution in [1.29, 1.82) is 0 Å². The summed E-state index contributed by atoms with van der Waals surface area (Å²) in [5, 5.41) is -1.06. The largest absolute Gasteiger partial charge is 0.352 e. The van der Waals surface area contributed by atoms with Crippen molar-refractivity contribution < 1.29 is 36.2 Å². The molecule has 3 unspecified atom stereocenters. The second-order valence-electron chi connectivity index (χ2n) is 2.66. The zero-order valence-electron chi connectivity index (χ0n) is 10.8. The van der Waals surface area contributed by atoms with Crippen LogP contribution in [0.4, 0.5) is 22.0 Å². The van der Waals surface area contributed by atoms with Crippen LogP contribution in [-0.2, 0) is 14.2 Å². The summed E-state index contributed by atoms with van der Waals surface area (Å²) in [5.41, 5.74) is 0. The van der Waals surface area contributed by atoms with Gasteiger partial charge in [0.1, 0.15) is 0 Å². The van der Waals surface area contributed by atoms with Gasteiger partial charge in [-0.3, -0.25) is 4.74 Å². The number of halogens is 7. The molecule has 0 aromatic heterocycles. The van der Waals surface area contributed by atoms with Crippen LogP contribution >= 0.6 is 23.2 Å². The van der Waals surface area contributed by atoms with Gasteiger partial charge in [0.15, 0.2) is 12.7 Å². The molecule has 0 rings (SSSR count). The number of alkyl halides is 7. The molecule has 0 radical (unpaired) electrons. The Bertz CT molecular complexity index is 148. The Labute approximate surface area is 118 Å². The highest BCUT2D eigenvalue weighted by Crippen LogP contribution is 2.06. The van der Waals surface area contributed by atoms with E-state index in [0.29, 0.717) is 0 Å². The molecule has 120 valence electrons. The molecule has 3 nitrogen and oxygen atoms in total. The highest BCUT2D eigenvalue weighted by atomic mass is 35.5. The Morgan fingerprint density at radius 2 is 1.05 bits per heavy atom. The van der Waals surface area contributed by atoms with Gasteiger partial charge in [0.25, 0.3) is 0 Å². The van der Waals surface area contributed by atoms with Gasteiger partial charge in [-0.05, 0) is 20.8 Å². The van der Waals surface area contributed by atoms with Crippen molar-refractivity contribution in [2.75, 3.05) is 7.11 Å². The molecule has 0 fully saturated rings. The first-order valence-corrected chi connectivity index (χ1v) is 5.72. The molecule has 0 aliphatic carbocycles. The molecule has 0 bridgehead atoms. The summed E-state index contributed by atoms with van der Waals surface area (Å²) in [5.74, 6) is 0. The predicted molar refractivity (Wildman–Crippen MR) is 62.4 cm³/mol. The van der Waals surface area contributed by atoms with Crippen molar-refractivity contribution in [3.63, 3.8) is 0 Å². The van der Waals surface area contributed by atoms with Gasteiger partial charge in [-0.15, -0.1) is 0 Å². The van der Waals surface area contributed by atoms with Crippen molar-refractivity contribution in [1.82, 2.24) is 0 Å². The van der Waals surface area contributed by atoms with E-state index in [1.807, 2.05) is 0 Å². The summed E-state index contributed by atoms with van der Waals surface area (Å²) < 4.78 is 67.1. The number of rotatable bonds is 5. The lowest BCUT2D eigenvalue weighted by Gasteiger charge is -2.01. The van der Waals surface area contributed by atoms with Crippen LogP contribution in [-0.4, -0.2) is 37.8 Å². The maximum absolute atomic E-state index is 11.6. The quantitative estimate of drug-likeness (QED) is 0.543. The molecule has 0 aromatic rings. The number of hydrogen-bond donors (Lipinski definition) is 0. The molecule has 3 atom stereocenters. The Morgan fingerprint density at radius 1 is 0.737 bits per heavy atom. The summed E-state index contributed by atoms with van der Waals surface area (Å²) >= 11 is 9.95. The van der Waals surface area contributed by atoms with Gasteiger partial charge in [-0.2, -0.15) is 8.78 Å². The molecule has 0 aliphatic heterocycles. The Kier molecular flexibility index (Phi) is 20.5. The van der Waals surface area contributed by atoms with Crippen LogP contribution in [0.3, 0.4) is 0 Å². The minimum atomic E-state index is -3.00. The molecule has 0 saturated heterocycles. The van der Waals surface area contributed by atoms with Crippen molar-refractivity contribution in [2.24, 2.45) is 0 Å². The molecule has 10 heteroatoms. The van der Waals surface area contributed by atoms with E-state index >= 15 is 0 Å². The van der Waals surface area contributed by atoms with Gasteiger partial charge in [-0.1, -0.05) is 23.2 Å². The third-order valence-corrected chi connectivity index (χ3v) is 1.11. The van der Waals surface area contributed by atoms with E-state index in [4.69, 9.17) is 23.2 Å². The summed E-state index contributed by atoms with van der Waals surface area (Å²) in [4.78, 5) is 0. The second-order valence-corrected chi connectivity index (χ2v) is 3.67. The third-order valence-electron chi connectivity index (χ3n) is 0.906. The van der Waals surface area contributed by atoms with E-state index in [1.54, 1.807) is 0 Å². The van der Waals surface area contributed by atoms with Crippen LogP contribution in [0.1, 0.15) is 20.8 Å². The average molecular weight is 339 g/mol. The maximum Gasteiger partial charge on any atom is 0.347 e. The topological polar surface area (TPSA) is 27.7 Å². The maximum atomic E-state index is 11.6. The lowest BCUT2D eigenvalue weighted by atomic mass is 10.8. The zero-order chi connectivity index (χ0) is 16.0. The predicted octanol–water partition coefficient (Wildman–Crippen LogP) is 4.57. The van der Waals surface area contributed by atoms with Gasteiger partial charge >= 0.3 is 6.61 Å². The van der Waals surface area contributed by atoms with E-state index in [9.17, 15) is 22.0 Å². The van der Waals surface area contributed by atoms with Gasteiger partial charge in [-0.25, -0.2) is 13.2 Å². The van der Waals surface area contributed by atoms with Crippen LogP contribution in [0, 0.1) is 0 Å². The molecule has 0 saturated carbocycles. The van der Waals surface area contributed by atoms with Crippen LogP contribution in [0.5, 0.6) is 0 Å².